The number of rotatable bonds is 3. The third-order valence-corrected chi connectivity index (χ3v) is 4.76. The summed E-state index contributed by atoms with van der Waals surface area (Å²) in [4.78, 5) is 17.9. The summed E-state index contributed by atoms with van der Waals surface area (Å²) in [6.07, 6.45) is 3.70. The number of fused-ring (bicyclic) bond motifs is 1. The monoisotopic (exact) mass is 355 g/mol. The first-order chi connectivity index (χ1) is 12.2. The molecule has 0 aliphatic carbocycles. The molecule has 2 aromatic heterocycles. The van der Waals surface area contributed by atoms with E-state index in [4.69, 9.17) is 11.6 Å². The maximum Gasteiger partial charge on any atom is 0.229 e. The highest BCUT2D eigenvalue weighted by Gasteiger charge is 2.26. The first kappa shape index (κ1) is 15.9. The van der Waals surface area contributed by atoms with Gasteiger partial charge in [-0.25, -0.2) is 0 Å². The van der Waals surface area contributed by atoms with Gasteiger partial charge in [-0.05, 0) is 48.6 Å². The molecule has 0 unspecified atom stereocenters. The predicted octanol–water partition coefficient (Wildman–Crippen LogP) is 3.47. The standard InChI is InChI=1S/C18H18ClN5O/c19-16-5-6-17(23-22-16)24-9-1-2-13(11-24)18(25)21-14-4-3-12-7-8-20-15(12)10-14/h3-8,10,13,20H,1-2,9,11H2,(H,21,25)/t13-/m0/s1. The number of carbonyl (C=O) groups excluding carboxylic acids is 1. The maximum atomic E-state index is 12.7. The Labute approximate surface area is 150 Å². The van der Waals surface area contributed by atoms with Crippen LogP contribution < -0.4 is 10.2 Å². The number of benzene rings is 1. The van der Waals surface area contributed by atoms with Gasteiger partial charge in [0.25, 0.3) is 0 Å². The molecule has 0 saturated carbocycles. The minimum Gasteiger partial charge on any atom is -0.361 e. The lowest BCUT2D eigenvalue weighted by atomic mass is 9.97. The van der Waals surface area contributed by atoms with Crippen LogP contribution in [0.3, 0.4) is 0 Å². The highest BCUT2D eigenvalue weighted by Crippen LogP contribution is 2.24. The van der Waals surface area contributed by atoms with E-state index >= 15 is 0 Å². The molecule has 2 N–H and O–H groups in total. The minimum absolute atomic E-state index is 0.0394. The first-order valence-electron chi connectivity index (χ1n) is 8.31. The number of anilines is 2. The summed E-state index contributed by atoms with van der Waals surface area (Å²) >= 11 is 5.79. The summed E-state index contributed by atoms with van der Waals surface area (Å²) in [5.74, 6) is 0.720. The van der Waals surface area contributed by atoms with Crippen LogP contribution in [0.25, 0.3) is 10.9 Å². The number of piperidine rings is 1. The summed E-state index contributed by atoms with van der Waals surface area (Å²) in [6, 6.07) is 11.5. The van der Waals surface area contributed by atoms with Gasteiger partial charge >= 0.3 is 0 Å². The van der Waals surface area contributed by atoms with Crippen molar-refractivity contribution in [2.45, 2.75) is 12.8 Å². The quantitative estimate of drug-likeness (QED) is 0.754. The number of aromatic amines is 1. The van der Waals surface area contributed by atoms with E-state index in [-0.39, 0.29) is 11.8 Å². The van der Waals surface area contributed by atoms with Gasteiger partial charge in [0.1, 0.15) is 0 Å². The molecule has 7 heteroatoms. The zero-order valence-electron chi connectivity index (χ0n) is 13.6. The Balaban J connectivity index is 1.45. The Hall–Kier alpha value is -2.60. The smallest absolute Gasteiger partial charge is 0.229 e. The van der Waals surface area contributed by atoms with Crippen molar-refractivity contribution in [3.05, 3.63) is 47.7 Å². The number of hydrogen-bond acceptors (Lipinski definition) is 4. The second-order valence-corrected chi connectivity index (χ2v) is 6.66. The summed E-state index contributed by atoms with van der Waals surface area (Å²) in [5, 5.41) is 12.5. The molecule has 1 aromatic carbocycles. The number of amides is 1. The van der Waals surface area contributed by atoms with Crippen molar-refractivity contribution < 1.29 is 4.79 Å². The molecule has 1 aliphatic rings. The summed E-state index contributed by atoms with van der Waals surface area (Å²) in [6.45, 7) is 1.50. The van der Waals surface area contributed by atoms with Crippen LogP contribution in [-0.4, -0.2) is 34.2 Å². The van der Waals surface area contributed by atoms with E-state index in [1.165, 1.54) is 0 Å². The molecule has 1 amide bonds. The predicted molar refractivity (Wildman–Crippen MR) is 98.9 cm³/mol. The van der Waals surface area contributed by atoms with Crippen molar-refractivity contribution in [2.75, 3.05) is 23.3 Å². The summed E-state index contributed by atoms with van der Waals surface area (Å²) < 4.78 is 0. The van der Waals surface area contributed by atoms with E-state index in [2.05, 4.69) is 25.4 Å². The first-order valence-corrected chi connectivity index (χ1v) is 8.69. The van der Waals surface area contributed by atoms with Gasteiger partial charge in [-0.2, -0.15) is 0 Å². The molecule has 3 heterocycles. The van der Waals surface area contributed by atoms with Crippen LogP contribution in [0, 0.1) is 5.92 Å². The Morgan fingerprint density at radius 3 is 3.00 bits per heavy atom. The van der Waals surface area contributed by atoms with Crippen LogP contribution in [0.1, 0.15) is 12.8 Å². The Kier molecular flexibility index (Phi) is 4.28. The van der Waals surface area contributed by atoms with Gasteiger partial charge in [0, 0.05) is 30.5 Å². The van der Waals surface area contributed by atoms with Gasteiger partial charge in [0.15, 0.2) is 11.0 Å². The highest BCUT2D eigenvalue weighted by atomic mass is 35.5. The van der Waals surface area contributed by atoms with E-state index in [0.717, 1.165) is 41.8 Å². The molecule has 0 bridgehead atoms. The molecule has 1 saturated heterocycles. The average molecular weight is 356 g/mol. The van der Waals surface area contributed by atoms with Gasteiger partial charge in [-0.15, -0.1) is 10.2 Å². The SMILES string of the molecule is O=C(Nc1ccc2cc[nH]c2c1)[C@H]1CCCN(c2ccc(Cl)nn2)C1. The van der Waals surface area contributed by atoms with Crippen molar-refractivity contribution in [1.29, 1.82) is 0 Å². The maximum absolute atomic E-state index is 12.7. The van der Waals surface area contributed by atoms with Gasteiger partial charge in [-0.1, -0.05) is 17.7 Å². The Bertz CT molecular complexity index is 892. The third kappa shape index (κ3) is 3.44. The normalized spacial score (nSPS) is 17.6. The summed E-state index contributed by atoms with van der Waals surface area (Å²) in [5.41, 5.74) is 1.82. The van der Waals surface area contributed by atoms with Crippen LogP contribution in [-0.2, 0) is 4.79 Å². The molecule has 1 aliphatic heterocycles. The number of nitrogens with one attached hydrogen (secondary N) is 2. The number of aromatic nitrogens is 3. The number of nitrogens with zero attached hydrogens (tertiary/aromatic N) is 3. The van der Waals surface area contributed by atoms with E-state index in [0.29, 0.717) is 11.7 Å². The molecule has 128 valence electrons. The minimum atomic E-state index is -0.0782. The fourth-order valence-corrected chi connectivity index (χ4v) is 3.35. The van der Waals surface area contributed by atoms with Gasteiger partial charge < -0.3 is 15.2 Å². The molecular weight excluding hydrogens is 338 g/mol. The Morgan fingerprint density at radius 1 is 1.24 bits per heavy atom. The third-order valence-electron chi connectivity index (χ3n) is 4.56. The molecule has 6 nitrogen and oxygen atoms in total. The number of halogens is 1. The number of hydrogen-bond donors (Lipinski definition) is 2. The molecule has 3 aromatic rings. The topological polar surface area (TPSA) is 73.9 Å². The summed E-state index contributed by atoms with van der Waals surface area (Å²) in [7, 11) is 0. The van der Waals surface area contributed by atoms with Crippen LogP contribution >= 0.6 is 11.6 Å². The molecule has 1 fully saturated rings. The van der Waals surface area contributed by atoms with E-state index in [1.54, 1.807) is 6.07 Å². The van der Waals surface area contributed by atoms with Crippen molar-refractivity contribution in [3.8, 4) is 0 Å². The van der Waals surface area contributed by atoms with E-state index < -0.39 is 0 Å². The largest absolute Gasteiger partial charge is 0.361 e. The second kappa shape index (κ2) is 6.72. The van der Waals surface area contributed by atoms with Gasteiger partial charge in [-0.3, -0.25) is 4.79 Å². The zero-order valence-corrected chi connectivity index (χ0v) is 14.3. The van der Waals surface area contributed by atoms with E-state index in [9.17, 15) is 4.79 Å². The second-order valence-electron chi connectivity index (χ2n) is 6.27. The molecule has 0 spiro atoms. The van der Waals surface area contributed by atoms with Crippen molar-refractivity contribution >= 4 is 39.9 Å². The van der Waals surface area contributed by atoms with Gasteiger partial charge in [0.2, 0.25) is 5.91 Å². The Morgan fingerprint density at radius 2 is 2.16 bits per heavy atom. The van der Waals surface area contributed by atoms with Crippen molar-refractivity contribution in [1.82, 2.24) is 15.2 Å². The average Bonchev–Trinajstić information content (AvgIpc) is 3.10. The lowest BCUT2D eigenvalue weighted by Crippen LogP contribution is -2.41. The number of H-pyrrole nitrogens is 1. The molecule has 0 radical (unpaired) electrons. The molecule has 4 rings (SSSR count). The highest BCUT2D eigenvalue weighted by molar-refractivity contribution is 6.29. The fourth-order valence-electron chi connectivity index (χ4n) is 3.25. The molecule has 25 heavy (non-hydrogen) atoms. The van der Waals surface area contributed by atoms with Gasteiger partial charge in [0.05, 0.1) is 5.92 Å². The fraction of sp³-hybridized carbons (Fsp3) is 0.278. The molecule has 1 atom stereocenters. The van der Waals surface area contributed by atoms with Crippen molar-refractivity contribution in [2.24, 2.45) is 5.92 Å². The number of carbonyl (C=O) groups is 1. The van der Waals surface area contributed by atoms with Crippen LogP contribution in [0.2, 0.25) is 5.15 Å². The lowest BCUT2D eigenvalue weighted by molar-refractivity contribution is -0.120. The molecular formula is C18H18ClN5O. The van der Waals surface area contributed by atoms with Crippen LogP contribution in [0.4, 0.5) is 11.5 Å². The van der Waals surface area contributed by atoms with Crippen LogP contribution in [0.15, 0.2) is 42.6 Å². The zero-order chi connectivity index (χ0) is 17.2. The lowest BCUT2D eigenvalue weighted by Gasteiger charge is -2.32. The van der Waals surface area contributed by atoms with Crippen LogP contribution in [0.5, 0.6) is 0 Å². The van der Waals surface area contributed by atoms with Crippen molar-refractivity contribution in [3.63, 3.8) is 0 Å². The van der Waals surface area contributed by atoms with E-state index in [1.807, 2.05) is 36.5 Å².